The predicted molar refractivity (Wildman–Crippen MR) is 67.5 cm³/mol. The first-order valence-electron chi connectivity index (χ1n) is 5.41. The molecule has 0 aliphatic carbocycles. The van der Waals surface area contributed by atoms with E-state index in [0.717, 1.165) is 5.56 Å². The maximum Gasteiger partial charge on any atom is 0.387 e. The van der Waals surface area contributed by atoms with Gasteiger partial charge in [-0.25, -0.2) is 0 Å². The Labute approximate surface area is 109 Å². The van der Waals surface area contributed by atoms with Gasteiger partial charge in [0, 0.05) is 11.0 Å². The summed E-state index contributed by atoms with van der Waals surface area (Å²) in [5.74, 6) is 0.981. The third-order valence-corrected chi connectivity index (χ3v) is 3.45. The first kappa shape index (κ1) is 15.0. The first-order chi connectivity index (χ1) is 8.56. The summed E-state index contributed by atoms with van der Waals surface area (Å²) in [5.41, 5.74) is 0.929. The highest BCUT2D eigenvalue weighted by Gasteiger charge is 2.11. The maximum absolute atomic E-state index is 12.1. The summed E-state index contributed by atoms with van der Waals surface area (Å²) in [6, 6.07) is 4.83. The van der Waals surface area contributed by atoms with Crippen LogP contribution in [0.2, 0.25) is 0 Å². The number of hydrogen-bond donors (Lipinski definition) is 1. The first-order valence-corrected chi connectivity index (χ1v) is 6.46. The molecule has 18 heavy (non-hydrogen) atoms. The normalized spacial score (nSPS) is 12.6. The van der Waals surface area contributed by atoms with Crippen LogP contribution >= 0.6 is 11.8 Å². The number of aliphatic hydroxyl groups excluding tert-OH is 1. The van der Waals surface area contributed by atoms with E-state index in [-0.39, 0.29) is 23.4 Å². The molecular weight excluding hydrogens is 262 g/mol. The minimum Gasteiger partial charge on any atom is -0.493 e. The van der Waals surface area contributed by atoms with E-state index in [1.165, 1.54) is 13.2 Å². The van der Waals surface area contributed by atoms with Crippen LogP contribution in [0.4, 0.5) is 8.78 Å². The zero-order valence-corrected chi connectivity index (χ0v) is 11.0. The van der Waals surface area contributed by atoms with Gasteiger partial charge in [0.1, 0.15) is 0 Å². The minimum atomic E-state index is -2.87. The van der Waals surface area contributed by atoms with Gasteiger partial charge in [-0.1, -0.05) is 13.0 Å². The van der Waals surface area contributed by atoms with Gasteiger partial charge in [-0.05, 0) is 17.7 Å². The van der Waals surface area contributed by atoms with Crippen LogP contribution < -0.4 is 9.47 Å². The van der Waals surface area contributed by atoms with Crippen molar-refractivity contribution in [3.8, 4) is 11.5 Å². The molecule has 0 amide bonds. The van der Waals surface area contributed by atoms with Crippen LogP contribution in [0.3, 0.4) is 0 Å². The van der Waals surface area contributed by atoms with Crippen LogP contribution in [0.1, 0.15) is 12.5 Å². The lowest BCUT2D eigenvalue weighted by atomic mass is 10.2. The third-order valence-electron chi connectivity index (χ3n) is 2.24. The second-order valence-corrected chi connectivity index (χ2v) is 5.09. The number of rotatable bonds is 7. The SMILES string of the molecule is COc1cc(CSC(C)CO)ccc1OC(F)F. The van der Waals surface area contributed by atoms with E-state index in [1.54, 1.807) is 23.9 Å². The average Bonchev–Trinajstić information content (AvgIpc) is 2.36. The Morgan fingerprint density at radius 3 is 2.61 bits per heavy atom. The number of methoxy groups -OCH3 is 1. The number of ether oxygens (including phenoxy) is 2. The Morgan fingerprint density at radius 1 is 1.33 bits per heavy atom. The van der Waals surface area contributed by atoms with E-state index >= 15 is 0 Å². The fourth-order valence-corrected chi connectivity index (χ4v) is 2.05. The molecule has 0 aliphatic rings. The van der Waals surface area contributed by atoms with E-state index < -0.39 is 6.61 Å². The van der Waals surface area contributed by atoms with Crippen molar-refractivity contribution < 1.29 is 23.4 Å². The molecule has 1 atom stereocenters. The monoisotopic (exact) mass is 278 g/mol. The molecule has 0 saturated heterocycles. The molecule has 0 saturated carbocycles. The van der Waals surface area contributed by atoms with Gasteiger partial charge in [-0.15, -0.1) is 0 Å². The molecule has 1 rings (SSSR count). The van der Waals surface area contributed by atoms with E-state index in [9.17, 15) is 8.78 Å². The second-order valence-electron chi connectivity index (χ2n) is 3.67. The summed E-state index contributed by atoms with van der Waals surface area (Å²) in [7, 11) is 1.40. The number of halogens is 2. The molecule has 0 radical (unpaired) electrons. The van der Waals surface area contributed by atoms with Crippen molar-refractivity contribution in [1.82, 2.24) is 0 Å². The van der Waals surface area contributed by atoms with Gasteiger partial charge < -0.3 is 14.6 Å². The lowest BCUT2D eigenvalue weighted by molar-refractivity contribution is -0.0512. The summed E-state index contributed by atoms with van der Waals surface area (Å²) in [4.78, 5) is 0. The molecule has 0 aliphatic heterocycles. The Hall–Kier alpha value is -1.01. The third kappa shape index (κ3) is 4.70. The topological polar surface area (TPSA) is 38.7 Å². The number of alkyl halides is 2. The van der Waals surface area contributed by atoms with Crippen LogP contribution in [0, 0.1) is 0 Å². The molecule has 1 unspecified atom stereocenters. The molecule has 0 spiro atoms. The molecule has 102 valence electrons. The molecule has 6 heteroatoms. The fraction of sp³-hybridized carbons (Fsp3) is 0.500. The number of hydrogen-bond acceptors (Lipinski definition) is 4. The molecule has 0 heterocycles. The molecule has 1 aromatic carbocycles. The van der Waals surface area contributed by atoms with Gasteiger partial charge in [0.15, 0.2) is 11.5 Å². The highest BCUT2D eigenvalue weighted by atomic mass is 32.2. The zero-order chi connectivity index (χ0) is 13.5. The summed E-state index contributed by atoms with van der Waals surface area (Å²) >= 11 is 1.57. The Bertz CT molecular complexity index is 374. The van der Waals surface area contributed by atoms with Crippen molar-refractivity contribution in [2.45, 2.75) is 24.5 Å². The van der Waals surface area contributed by atoms with Crippen molar-refractivity contribution >= 4 is 11.8 Å². The lowest BCUT2D eigenvalue weighted by Crippen LogP contribution is -2.04. The van der Waals surface area contributed by atoms with Crippen molar-refractivity contribution in [3.05, 3.63) is 23.8 Å². The van der Waals surface area contributed by atoms with Crippen molar-refractivity contribution in [2.75, 3.05) is 13.7 Å². The number of thioether (sulfide) groups is 1. The Balaban J connectivity index is 2.72. The highest BCUT2D eigenvalue weighted by molar-refractivity contribution is 7.99. The second kappa shape index (κ2) is 7.43. The van der Waals surface area contributed by atoms with Crippen molar-refractivity contribution in [2.24, 2.45) is 0 Å². The Morgan fingerprint density at radius 2 is 2.06 bits per heavy atom. The van der Waals surface area contributed by atoms with Crippen LogP contribution in [0.15, 0.2) is 18.2 Å². The van der Waals surface area contributed by atoms with Crippen LogP contribution in [0.25, 0.3) is 0 Å². The van der Waals surface area contributed by atoms with Gasteiger partial charge in [-0.3, -0.25) is 0 Å². The lowest BCUT2D eigenvalue weighted by Gasteiger charge is -2.12. The zero-order valence-electron chi connectivity index (χ0n) is 10.2. The number of benzene rings is 1. The average molecular weight is 278 g/mol. The van der Waals surface area contributed by atoms with E-state index in [1.807, 2.05) is 6.92 Å². The largest absolute Gasteiger partial charge is 0.493 e. The van der Waals surface area contributed by atoms with Crippen LogP contribution in [-0.4, -0.2) is 30.7 Å². The van der Waals surface area contributed by atoms with Crippen molar-refractivity contribution in [3.63, 3.8) is 0 Å². The summed E-state index contributed by atoms with van der Waals surface area (Å²) in [6.45, 7) is -0.849. The predicted octanol–water partition coefficient (Wildman–Crippen LogP) is 2.91. The molecule has 0 aromatic heterocycles. The maximum atomic E-state index is 12.1. The molecule has 1 aromatic rings. The molecule has 0 bridgehead atoms. The van der Waals surface area contributed by atoms with E-state index in [2.05, 4.69) is 4.74 Å². The van der Waals surface area contributed by atoms with Gasteiger partial charge >= 0.3 is 6.61 Å². The van der Waals surface area contributed by atoms with E-state index in [4.69, 9.17) is 9.84 Å². The summed E-state index contributed by atoms with van der Waals surface area (Å²) < 4.78 is 33.6. The van der Waals surface area contributed by atoms with Gasteiger partial charge in [-0.2, -0.15) is 20.5 Å². The summed E-state index contributed by atoms with van der Waals surface area (Å²) in [5, 5.41) is 9.04. The van der Waals surface area contributed by atoms with Gasteiger partial charge in [0.25, 0.3) is 0 Å². The quantitative estimate of drug-likeness (QED) is 0.832. The van der Waals surface area contributed by atoms with Gasteiger partial charge in [0.2, 0.25) is 0 Å². The van der Waals surface area contributed by atoms with E-state index in [0.29, 0.717) is 5.75 Å². The van der Waals surface area contributed by atoms with Gasteiger partial charge in [0.05, 0.1) is 13.7 Å². The van der Waals surface area contributed by atoms with Crippen LogP contribution in [0.5, 0.6) is 11.5 Å². The smallest absolute Gasteiger partial charge is 0.387 e. The summed E-state index contributed by atoms with van der Waals surface area (Å²) in [6.07, 6.45) is 0. The molecule has 3 nitrogen and oxygen atoms in total. The number of aliphatic hydroxyl groups is 1. The standard InChI is InChI=1S/C12H16F2O3S/c1-8(6-15)18-7-9-3-4-10(17-12(13)14)11(5-9)16-2/h3-5,8,12,15H,6-7H2,1-2H3. The van der Waals surface area contributed by atoms with Crippen molar-refractivity contribution in [1.29, 1.82) is 0 Å². The molecular formula is C12H16F2O3S. The highest BCUT2D eigenvalue weighted by Crippen LogP contribution is 2.31. The fourth-order valence-electron chi connectivity index (χ4n) is 1.29. The minimum absolute atomic E-state index is 0.0245. The molecule has 0 fully saturated rings. The Kier molecular flexibility index (Phi) is 6.21. The molecule has 1 N–H and O–H groups in total. The van der Waals surface area contributed by atoms with Crippen LogP contribution in [-0.2, 0) is 5.75 Å².